The molecule has 5 nitrogen and oxygen atoms in total. The largest absolute Gasteiger partial charge is 0.368 e. The molecule has 0 atom stereocenters. The summed E-state index contributed by atoms with van der Waals surface area (Å²) in [4.78, 5) is 4.90. The Morgan fingerprint density at radius 1 is 1.28 bits per heavy atom. The van der Waals surface area contributed by atoms with E-state index in [9.17, 15) is 8.78 Å². The Hall–Kier alpha value is -2.41. The first-order chi connectivity index (χ1) is 8.63. The van der Waals surface area contributed by atoms with Crippen LogP contribution in [-0.2, 0) is 0 Å². The fourth-order valence-electron chi connectivity index (χ4n) is 1.35. The van der Waals surface area contributed by atoms with Gasteiger partial charge in [-0.2, -0.15) is 10.5 Å². The third kappa shape index (κ3) is 3.05. The molecule has 0 aliphatic carbocycles. The van der Waals surface area contributed by atoms with Crippen molar-refractivity contribution >= 4 is 11.6 Å². The lowest BCUT2D eigenvalue weighted by Crippen LogP contribution is -2.26. The zero-order valence-electron chi connectivity index (χ0n) is 9.74. The third-order valence-electron chi connectivity index (χ3n) is 2.08. The molecule has 1 rings (SSSR count). The zero-order chi connectivity index (χ0) is 13.5. The van der Waals surface area contributed by atoms with Gasteiger partial charge in [0.2, 0.25) is 0 Å². The lowest BCUT2D eigenvalue weighted by molar-refractivity contribution is 0.573. The quantitative estimate of drug-likeness (QED) is 0.805. The van der Waals surface area contributed by atoms with Crippen LogP contribution < -0.4 is 10.2 Å². The molecule has 0 aromatic carbocycles. The SMILES string of the molecule is CCNc1nc(N(CC#N)CC#N)c(F)cc1F. The van der Waals surface area contributed by atoms with E-state index in [0.29, 0.717) is 12.6 Å². The average molecular weight is 251 g/mol. The number of hydrogen-bond acceptors (Lipinski definition) is 5. The van der Waals surface area contributed by atoms with Crippen LogP contribution in [0.1, 0.15) is 6.92 Å². The predicted octanol–water partition coefficient (Wildman–Crippen LogP) is 1.65. The highest BCUT2D eigenvalue weighted by Gasteiger charge is 2.17. The predicted molar refractivity (Wildman–Crippen MR) is 61.8 cm³/mol. The molecule has 1 heterocycles. The molecule has 0 unspecified atom stereocenters. The van der Waals surface area contributed by atoms with Gasteiger partial charge in [-0.3, -0.25) is 0 Å². The van der Waals surface area contributed by atoms with Gasteiger partial charge in [0.05, 0.1) is 12.1 Å². The van der Waals surface area contributed by atoms with Crippen molar-refractivity contribution in [3.63, 3.8) is 0 Å². The monoisotopic (exact) mass is 251 g/mol. The number of nitrogens with zero attached hydrogens (tertiary/aromatic N) is 4. The fourth-order valence-corrected chi connectivity index (χ4v) is 1.35. The maximum Gasteiger partial charge on any atom is 0.169 e. The molecule has 0 aliphatic heterocycles. The van der Waals surface area contributed by atoms with Crippen LogP contribution in [0, 0.1) is 34.3 Å². The summed E-state index contributed by atoms with van der Waals surface area (Å²) < 4.78 is 26.9. The minimum atomic E-state index is -0.903. The molecule has 0 spiro atoms. The summed E-state index contributed by atoms with van der Waals surface area (Å²) in [5, 5.41) is 19.8. The van der Waals surface area contributed by atoms with Crippen molar-refractivity contribution < 1.29 is 8.78 Å². The van der Waals surface area contributed by atoms with Crippen LogP contribution in [0.25, 0.3) is 0 Å². The van der Waals surface area contributed by atoms with Gasteiger partial charge in [-0.25, -0.2) is 13.8 Å². The third-order valence-corrected chi connectivity index (χ3v) is 2.08. The van der Waals surface area contributed by atoms with E-state index < -0.39 is 11.6 Å². The summed E-state index contributed by atoms with van der Waals surface area (Å²) in [6.07, 6.45) is 0. The number of halogens is 2. The van der Waals surface area contributed by atoms with Gasteiger partial charge >= 0.3 is 0 Å². The van der Waals surface area contributed by atoms with E-state index in [-0.39, 0.29) is 24.7 Å². The molecule has 0 saturated heterocycles. The van der Waals surface area contributed by atoms with Gasteiger partial charge in [0.25, 0.3) is 0 Å². The standard InChI is InChI=1S/C11H11F2N5/c1-2-16-10-8(12)7-9(13)11(17-10)18(5-3-14)6-4-15/h7H,2,5-6H2,1H3,(H,16,17). The highest BCUT2D eigenvalue weighted by Crippen LogP contribution is 2.21. The molecule has 1 aromatic heterocycles. The summed E-state index contributed by atoms with van der Waals surface area (Å²) >= 11 is 0. The Kier molecular flexibility index (Phi) is 4.82. The van der Waals surface area contributed by atoms with E-state index in [1.807, 2.05) is 0 Å². The molecule has 94 valence electrons. The van der Waals surface area contributed by atoms with Gasteiger partial charge in [0.1, 0.15) is 13.1 Å². The number of pyridine rings is 1. The topological polar surface area (TPSA) is 75.7 Å². The van der Waals surface area contributed by atoms with Crippen molar-refractivity contribution in [1.82, 2.24) is 4.98 Å². The van der Waals surface area contributed by atoms with Crippen molar-refractivity contribution in [2.75, 3.05) is 29.9 Å². The lowest BCUT2D eigenvalue weighted by atomic mass is 10.3. The maximum atomic E-state index is 13.6. The van der Waals surface area contributed by atoms with Gasteiger partial charge in [0, 0.05) is 12.6 Å². The summed E-state index contributed by atoms with van der Waals surface area (Å²) in [5.41, 5.74) is 0. The van der Waals surface area contributed by atoms with Crippen LogP contribution in [0.15, 0.2) is 6.07 Å². The van der Waals surface area contributed by atoms with E-state index in [2.05, 4.69) is 10.3 Å². The number of nitriles is 2. The second-order valence-corrected chi connectivity index (χ2v) is 3.33. The Morgan fingerprint density at radius 2 is 1.89 bits per heavy atom. The van der Waals surface area contributed by atoms with Crippen LogP contribution >= 0.6 is 0 Å². The van der Waals surface area contributed by atoms with Crippen LogP contribution in [0.2, 0.25) is 0 Å². The van der Waals surface area contributed by atoms with E-state index in [4.69, 9.17) is 10.5 Å². The highest BCUT2D eigenvalue weighted by atomic mass is 19.1. The zero-order valence-corrected chi connectivity index (χ0v) is 9.74. The Morgan fingerprint density at radius 3 is 2.39 bits per heavy atom. The fraction of sp³-hybridized carbons (Fsp3) is 0.364. The molecule has 1 N–H and O–H groups in total. The first-order valence-electron chi connectivity index (χ1n) is 5.22. The van der Waals surface area contributed by atoms with Crippen molar-refractivity contribution in [2.24, 2.45) is 0 Å². The molecule has 18 heavy (non-hydrogen) atoms. The number of rotatable bonds is 5. The maximum absolute atomic E-state index is 13.6. The second-order valence-electron chi connectivity index (χ2n) is 3.33. The smallest absolute Gasteiger partial charge is 0.169 e. The first kappa shape index (κ1) is 13.7. The molecule has 7 heteroatoms. The molecular weight excluding hydrogens is 240 g/mol. The second kappa shape index (κ2) is 6.36. The van der Waals surface area contributed by atoms with E-state index >= 15 is 0 Å². The first-order valence-corrected chi connectivity index (χ1v) is 5.22. The van der Waals surface area contributed by atoms with Crippen LogP contribution in [0.3, 0.4) is 0 Å². The Labute approximate surface area is 103 Å². The molecule has 0 amide bonds. The summed E-state index contributed by atoms with van der Waals surface area (Å²) in [7, 11) is 0. The van der Waals surface area contributed by atoms with Gasteiger partial charge in [-0.15, -0.1) is 0 Å². The number of hydrogen-bond donors (Lipinski definition) is 1. The molecule has 1 aromatic rings. The van der Waals surface area contributed by atoms with Gasteiger partial charge in [0.15, 0.2) is 23.3 Å². The van der Waals surface area contributed by atoms with E-state index in [0.717, 1.165) is 4.90 Å². The molecule has 0 aliphatic rings. The molecule has 0 radical (unpaired) electrons. The van der Waals surface area contributed by atoms with Crippen LogP contribution in [0.5, 0.6) is 0 Å². The number of nitrogens with one attached hydrogen (secondary N) is 1. The van der Waals surface area contributed by atoms with Gasteiger partial charge in [-0.1, -0.05) is 0 Å². The Bertz CT molecular complexity index is 487. The summed E-state index contributed by atoms with van der Waals surface area (Å²) in [6, 6.07) is 4.28. The van der Waals surface area contributed by atoms with Crippen LogP contribution in [0.4, 0.5) is 20.4 Å². The summed E-state index contributed by atoms with van der Waals surface area (Å²) in [6.45, 7) is 1.77. The molecule has 0 fully saturated rings. The van der Waals surface area contributed by atoms with Gasteiger partial charge < -0.3 is 10.2 Å². The van der Waals surface area contributed by atoms with E-state index in [1.165, 1.54) is 0 Å². The van der Waals surface area contributed by atoms with Gasteiger partial charge in [-0.05, 0) is 6.92 Å². The number of aromatic nitrogens is 1. The van der Waals surface area contributed by atoms with E-state index in [1.54, 1.807) is 19.1 Å². The van der Waals surface area contributed by atoms with Crippen molar-refractivity contribution in [3.8, 4) is 12.1 Å². The normalized spacial score (nSPS) is 9.39. The lowest BCUT2D eigenvalue weighted by Gasteiger charge is -2.18. The van der Waals surface area contributed by atoms with Crippen LogP contribution in [-0.4, -0.2) is 24.6 Å². The summed E-state index contributed by atoms with van der Waals surface area (Å²) in [5.74, 6) is -2.03. The molecule has 0 bridgehead atoms. The molecule has 0 saturated carbocycles. The Balaban J connectivity index is 3.17. The molecular formula is C11H11F2N5. The minimum Gasteiger partial charge on any atom is -0.368 e. The number of anilines is 2. The van der Waals surface area contributed by atoms with Crippen molar-refractivity contribution in [2.45, 2.75) is 6.92 Å². The van der Waals surface area contributed by atoms with Crippen molar-refractivity contribution in [3.05, 3.63) is 17.7 Å². The van der Waals surface area contributed by atoms with Crippen molar-refractivity contribution in [1.29, 1.82) is 10.5 Å². The highest BCUT2D eigenvalue weighted by molar-refractivity contribution is 5.50. The average Bonchev–Trinajstić information content (AvgIpc) is 2.33. The minimum absolute atomic E-state index is 0.102.